The normalized spacial score (nSPS) is 28.9. The molecule has 2 saturated heterocycles. The van der Waals surface area contributed by atoms with Crippen molar-refractivity contribution in [2.75, 3.05) is 26.3 Å². The van der Waals surface area contributed by atoms with Crippen LogP contribution in [0.15, 0.2) is 4.52 Å². The summed E-state index contributed by atoms with van der Waals surface area (Å²) in [4.78, 5) is 4.73. The molecule has 0 saturated carbocycles. The topological polar surface area (TPSA) is 60.2 Å². The van der Waals surface area contributed by atoms with Crippen LogP contribution in [0.2, 0.25) is 0 Å². The summed E-state index contributed by atoms with van der Waals surface area (Å²) in [5.41, 5.74) is 0.0746. The highest BCUT2D eigenvalue weighted by Gasteiger charge is 2.40. The Hall–Kier alpha value is -0.940. The van der Waals surface area contributed by atoms with Crippen molar-refractivity contribution in [1.29, 1.82) is 0 Å². The minimum atomic E-state index is 0.0746. The van der Waals surface area contributed by atoms with Gasteiger partial charge in [-0.3, -0.25) is 0 Å². The van der Waals surface area contributed by atoms with Gasteiger partial charge in [-0.15, -0.1) is 0 Å². The van der Waals surface area contributed by atoms with E-state index in [-0.39, 0.29) is 5.41 Å². The summed E-state index contributed by atoms with van der Waals surface area (Å²) < 4.78 is 11.0. The van der Waals surface area contributed by atoms with Gasteiger partial charge < -0.3 is 14.6 Å². The molecule has 0 radical (unpaired) electrons. The molecule has 0 amide bonds. The van der Waals surface area contributed by atoms with Crippen LogP contribution in [-0.4, -0.2) is 36.4 Å². The second-order valence-corrected chi connectivity index (χ2v) is 5.80. The van der Waals surface area contributed by atoms with Crippen molar-refractivity contribution in [1.82, 2.24) is 15.5 Å². The van der Waals surface area contributed by atoms with Crippen molar-refractivity contribution in [3.63, 3.8) is 0 Å². The summed E-state index contributed by atoms with van der Waals surface area (Å²) in [6, 6.07) is 0. The van der Waals surface area contributed by atoms with Crippen molar-refractivity contribution < 1.29 is 9.26 Å². The summed E-state index contributed by atoms with van der Waals surface area (Å²) in [5.74, 6) is 2.15. The molecule has 1 aromatic heterocycles. The van der Waals surface area contributed by atoms with E-state index < -0.39 is 0 Å². The first-order valence-corrected chi connectivity index (χ1v) is 7.46. The second kappa shape index (κ2) is 5.59. The van der Waals surface area contributed by atoms with Gasteiger partial charge in [0.1, 0.15) is 0 Å². The fourth-order valence-electron chi connectivity index (χ4n) is 3.30. The third-order valence-corrected chi connectivity index (χ3v) is 4.45. The van der Waals surface area contributed by atoms with Crippen molar-refractivity contribution in [3.8, 4) is 0 Å². The maximum atomic E-state index is 5.62. The molecule has 0 bridgehead atoms. The van der Waals surface area contributed by atoms with E-state index in [1.54, 1.807) is 0 Å². The third kappa shape index (κ3) is 2.54. The first-order valence-electron chi connectivity index (χ1n) is 7.46. The smallest absolute Gasteiger partial charge is 0.234 e. The SMILES string of the molecule is CCCC1(c2nc(C3CCOCC3)no2)CCNC1. The van der Waals surface area contributed by atoms with Crippen LogP contribution in [-0.2, 0) is 10.2 Å². The molecule has 0 spiro atoms. The molecule has 2 fully saturated rings. The minimum Gasteiger partial charge on any atom is -0.381 e. The summed E-state index contributed by atoms with van der Waals surface area (Å²) >= 11 is 0. The molecular weight excluding hydrogens is 242 g/mol. The lowest BCUT2D eigenvalue weighted by Gasteiger charge is -2.23. The van der Waals surface area contributed by atoms with E-state index in [0.717, 1.165) is 70.1 Å². The molecule has 5 nitrogen and oxygen atoms in total. The highest BCUT2D eigenvalue weighted by atomic mass is 16.5. The van der Waals surface area contributed by atoms with Crippen molar-refractivity contribution >= 4 is 0 Å². The zero-order valence-corrected chi connectivity index (χ0v) is 11.7. The Labute approximate surface area is 114 Å². The molecule has 3 rings (SSSR count). The number of nitrogens with one attached hydrogen (secondary N) is 1. The Kier molecular flexibility index (Phi) is 3.84. The Balaban J connectivity index is 1.79. The lowest BCUT2D eigenvalue weighted by Crippen LogP contribution is -2.29. The molecule has 2 aliphatic rings. The zero-order valence-electron chi connectivity index (χ0n) is 11.7. The van der Waals surface area contributed by atoms with Gasteiger partial charge in [-0.1, -0.05) is 18.5 Å². The fraction of sp³-hybridized carbons (Fsp3) is 0.857. The Morgan fingerprint density at radius 3 is 2.89 bits per heavy atom. The molecule has 2 aliphatic heterocycles. The maximum Gasteiger partial charge on any atom is 0.234 e. The highest BCUT2D eigenvalue weighted by molar-refractivity contribution is 5.11. The van der Waals surface area contributed by atoms with Crippen molar-refractivity contribution in [3.05, 3.63) is 11.7 Å². The predicted octanol–water partition coefficient (Wildman–Crippen LogP) is 1.99. The second-order valence-electron chi connectivity index (χ2n) is 5.80. The lowest BCUT2D eigenvalue weighted by molar-refractivity contribution is 0.0830. The van der Waals surface area contributed by atoms with Crippen LogP contribution in [0.4, 0.5) is 0 Å². The number of hydrogen-bond donors (Lipinski definition) is 1. The molecular formula is C14H23N3O2. The molecule has 0 aromatic carbocycles. The number of ether oxygens (including phenoxy) is 1. The molecule has 106 valence electrons. The predicted molar refractivity (Wildman–Crippen MR) is 71.2 cm³/mol. The largest absolute Gasteiger partial charge is 0.381 e. The number of rotatable bonds is 4. The Morgan fingerprint density at radius 2 is 2.21 bits per heavy atom. The van der Waals surface area contributed by atoms with E-state index in [4.69, 9.17) is 14.2 Å². The van der Waals surface area contributed by atoms with Crippen LogP contribution in [0.3, 0.4) is 0 Å². The molecule has 1 aromatic rings. The maximum absolute atomic E-state index is 5.62. The standard InChI is InChI=1S/C14H23N3O2/c1-2-5-14(6-7-15-10-14)13-16-12(17-19-13)11-3-8-18-9-4-11/h11,15H,2-10H2,1H3. The van der Waals surface area contributed by atoms with Gasteiger partial charge in [0.2, 0.25) is 5.89 Å². The van der Waals surface area contributed by atoms with E-state index in [1.807, 2.05) is 0 Å². The van der Waals surface area contributed by atoms with Crippen LogP contribution in [0.1, 0.15) is 56.7 Å². The van der Waals surface area contributed by atoms with Gasteiger partial charge in [-0.05, 0) is 32.2 Å². The fourth-order valence-corrected chi connectivity index (χ4v) is 3.30. The molecule has 19 heavy (non-hydrogen) atoms. The number of hydrogen-bond acceptors (Lipinski definition) is 5. The quantitative estimate of drug-likeness (QED) is 0.902. The van der Waals surface area contributed by atoms with Crippen LogP contribution in [0.25, 0.3) is 0 Å². The van der Waals surface area contributed by atoms with Crippen LogP contribution in [0.5, 0.6) is 0 Å². The number of aromatic nitrogens is 2. The summed E-state index contributed by atoms with van der Waals surface area (Å²) in [6.45, 7) is 5.87. The Morgan fingerprint density at radius 1 is 1.37 bits per heavy atom. The van der Waals surface area contributed by atoms with E-state index in [2.05, 4.69) is 17.4 Å². The average Bonchev–Trinajstić information content (AvgIpc) is 3.09. The van der Waals surface area contributed by atoms with E-state index >= 15 is 0 Å². The molecule has 1 N–H and O–H groups in total. The molecule has 1 atom stereocenters. The van der Waals surface area contributed by atoms with Gasteiger partial charge in [0.05, 0.1) is 5.41 Å². The Bertz CT molecular complexity index is 407. The highest BCUT2D eigenvalue weighted by Crippen LogP contribution is 2.35. The first-order chi connectivity index (χ1) is 9.34. The average molecular weight is 265 g/mol. The summed E-state index contributed by atoms with van der Waals surface area (Å²) in [6.07, 6.45) is 5.40. The van der Waals surface area contributed by atoms with Gasteiger partial charge in [-0.2, -0.15) is 4.98 Å². The van der Waals surface area contributed by atoms with Gasteiger partial charge in [-0.25, -0.2) is 0 Å². The van der Waals surface area contributed by atoms with Crippen LogP contribution < -0.4 is 5.32 Å². The molecule has 1 unspecified atom stereocenters. The van der Waals surface area contributed by atoms with E-state index in [0.29, 0.717) is 5.92 Å². The zero-order chi connectivity index (χ0) is 13.1. The van der Waals surface area contributed by atoms with Gasteiger partial charge in [0.15, 0.2) is 5.82 Å². The van der Waals surface area contributed by atoms with Gasteiger partial charge >= 0.3 is 0 Å². The van der Waals surface area contributed by atoms with E-state index in [9.17, 15) is 0 Å². The molecule has 0 aliphatic carbocycles. The molecule has 5 heteroatoms. The summed E-state index contributed by atoms with van der Waals surface area (Å²) in [7, 11) is 0. The van der Waals surface area contributed by atoms with Crippen molar-refractivity contribution in [2.24, 2.45) is 0 Å². The van der Waals surface area contributed by atoms with Crippen molar-refractivity contribution in [2.45, 2.75) is 50.4 Å². The lowest BCUT2D eigenvalue weighted by atomic mass is 9.82. The van der Waals surface area contributed by atoms with Crippen LogP contribution in [0, 0.1) is 0 Å². The minimum absolute atomic E-state index is 0.0746. The third-order valence-electron chi connectivity index (χ3n) is 4.45. The van der Waals surface area contributed by atoms with E-state index in [1.165, 1.54) is 0 Å². The summed E-state index contributed by atoms with van der Waals surface area (Å²) in [5, 5.41) is 7.68. The van der Waals surface area contributed by atoms with Gasteiger partial charge in [0, 0.05) is 25.7 Å². The monoisotopic (exact) mass is 265 g/mol. The van der Waals surface area contributed by atoms with Crippen LogP contribution >= 0.6 is 0 Å². The number of nitrogens with zero attached hydrogens (tertiary/aromatic N) is 2. The molecule has 3 heterocycles. The first kappa shape index (κ1) is 13.1. The van der Waals surface area contributed by atoms with Gasteiger partial charge in [0.25, 0.3) is 0 Å².